The van der Waals surface area contributed by atoms with Crippen molar-refractivity contribution in [3.63, 3.8) is 0 Å². The molecular weight excluding hydrogens is 218 g/mol. The number of Topliss-reactive ketones (excluding diaryl/α,β-unsaturated/α-hetero) is 1. The Bertz CT molecular complexity index is 411. The molecule has 2 atom stereocenters. The second kappa shape index (κ2) is 4.47. The number of methoxy groups -OCH3 is 1. The first kappa shape index (κ1) is 12.1. The fourth-order valence-corrected chi connectivity index (χ4v) is 1.97. The fourth-order valence-electron chi connectivity index (χ4n) is 1.97. The molecule has 0 amide bonds. The van der Waals surface area contributed by atoms with Crippen LogP contribution in [0.2, 0.25) is 0 Å². The first-order valence-corrected chi connectivity index (χ1v) is 5.66. The van der Waals surface area contributed by atoms with Gasteiger partial charge in [-0.2, -0.15) is 0 Å². The smallest absolute Gasteiger partial charge is 0.167 e. The van der Waals surface area contributed by atoms with Crippen molar-refractivity contribution >= 4 is 5.78 Å². The Balaban J connectivity index is 2.11. The number of hydrogen-bond donors (Lipinski definition) is 2. The van der Waals surface area contributed by atoms with Crippen LogP contribution in [0.25, 0.3) is 0 Å². The lowest BCUT2D eigenvalue weighted by atomic mass is 9.88. The number of carbonyl (C=O) groups is 1. The third-order valence-corrected chi connectivity index (χ3v) is 3.20. The summed E-state index contributed by atoms with van der Waals surface area (Å²) in [6.45, 7) is 1.84. The summed E-state index contributed by atoms with van der Waals surface area (Å²) >= 11 is 0. The van der Waals surface area contributed by atoms with E-state index in [4.69, 9.17) is 4.74 Å². The van der Waals surface area contributed by atoms with Crippen LogP contribution in [0.5, 0.6) is 5.75 Å². The number of β-amino-alcohol motifs (C(OH)–C–C–N with tert-alkyl or cyclic N) is 1. The monoisotopic (exact) mass is 235 g/mol. The molecule has 1 aromatic rings. The topological polar surface area (TPSA) is 58.6 Å². The van der Waals surface area contributed by atoms with E-state index in [-0.39, 0.29) is 11.8 Å². The number of piperidine rings is 1. The lowest BCUT2D eigenvalue weighted by Gasteiger charge is -2.33. The summed E-state index contributed by atoms with van der Waals surface area (Å²) in [5.41, 5.74) is -0.196. The van der Waals surface area contributed by atoms with Gasteiger partial charge in [-0.15, -0.1) is 0 Å². The average Bonchev–Trinajstić information content (AvgIpc) is 2.33. The third-order valence-electron chi connectivity index (χ3n) is 3.20. The zero-order chi connectivity index (χ0) is 12.5. The molecule has 0 radical (unpaired) electrons. The number of benzene rings is 1. The highest BCUT2D eigenvalue weighted by molar-refractivity contribution is 5.88. The summed E-state index contributed by atoms with van der Waals surface area (Å²) in [6.07, 6.45) is 0.319. The highest BCUT2D eigenvalue weighted by Crippen LogP contribution is 2.26. The van der Waals surface area contributed by atoms with E-state index in [1.165, 1.54) is 0 Å². The minimum Gasteiger partial charge on any atom is -0.497 e. The number of ketones is 1. The summed E-state index contributed by atoms with van der Waals surface area (Å²) in [5.74, 6) is 0.681. The largest absolute Gasteiger partial charge is 0.497 e. The van der Waals surface area contributed by atoms with Crippen LogP contribution in [0.15, 0.2) is 24.3 Å². The maximum atomic E-state index is 11.7. The second-order valence-corrected chi connectivity index (χ2v) is 4.61. The van der Waals surface area contributed by atoms with Gasteiger partial charge in [-0.25, -0.2) is 0 Å². The van der Waals surface area contributed by atoms with E-state index in [0.29, 0.717) is 13.0 Å². The van der Waals surface area contributed by atoms with E-state index in [9.17, 15) is 9.90 Å². The Morgan fingerprint density at radius 3 is 2.59 bits per heavy atom. The molecule has 2 rings (SSSR count). The second-order valence-electron chi connectivity index (χ2n) is 4.61. The standard InChI is InChI=1S/C13H17NO3/c1-13(16)8-14-11(7-12(13)15)9-3-5-10(17-2)6-4-9/h3-6,11,14,16H,7-8H2,1-2H3. The molecule has 1 aliphatic heterocycles. The van der Waals surface area contributed by atoms with E-state index in [0.717, 1.165) is 11.3 Å². The number of hydrogen-bond acceptors (Lipinski definition) is 4. The van der Waals surface area contributed by atoms with E-state index in [2.05, 4.69) is 5.32 Å². The lowest BCUT2D eigenvalue weighted by Crippen LogP contribution is -2.51. The van der Waals surface area contributed by atoms with Crippen LogP contribution in [0.4, 0.5) is 0 Å². The van der Waals surface area contributed by atoms with Gasteiger partial charge in [0, 0.05) is 19.0 Å². The summed E-state index contributed by atoms with van der Waals surface area (Å²) < 4.78 is 5.08. The van der Waals surface area contributed by atoms with Crippen LogP contribution < -0.4 is 10.1 Å². The van der Waals surface area contributed by atoms with Crippen molar-refractivity contribution < 1.29 is 14.6 Å². The fraction of sp³-hybridized carbons (Fsp3) is 0.462. The van der Waals surface area contributed by atoms with Gasteiger partial charge in [0.15, 0.2) is 5.78 Å². The molecule has 1 aliphatic rings. The van der Waals surface area contributed by atoms with Crippen molar-refractivity contribution in [2.24, 2.45) is 0 Å². The number of rotatable bonds is 2. The Morgan fingerprint density at radius 1 is 1.41 bits per heavy atom. The van der Waals surface area contributed by atoms with E-state index in [1.807, 2.05) is 24.3 Å². The van der Waals surface area contributed by atoms with E-state index < -0.39 is 5.60 Å². The maximum Gasteiger partial charge on any atom is 0.167 e. The van der Waals surface area contributed by atoms with Crippen molar-refractivity contribution in [3.8, 4) is 5.75 Å². The highest BCUT2D eigenvalue weighted by atomic mass is 16.5. The number of aliphatic hydroxyl groups is 1. The number of carbonyl (C=O) groups excluding carboxylic acids is 1. The molecule has 0 bridgehead atoms. The Hall–Kier alpha value is -1.39. The molecule has 1 fully saturated rings. The lowest BCUT2D eigenvalue weighted by molar-refractivity contribution is -0.138. The van der Waals surface area contributed by atoms with Crippen LogP contribution in [0.1, 0.15) is 24.9 Å². The molecule has 1 aromatic carbocycles. The quantitative estimate of drug-likeness (QED) is 0.804. The Labute approximate surface area is 101 Å². The Kier molecular flexibility index (Phi) is 3.17. The van der Waals surface area contributed by atoms with Gasteiger partial charge in [0.1, 0.15) is 11.4 Å². The molecule has 2 N–H and O–H groups in total. The first-order valence-electron chi connectivity index (χ1n) is 5.66. The predicted octanol–water partition coefficient (Wildman–Crippen LogP) is 1.05. The van der Waals surface area contributed by atoms with Crippen molar-refractivity contribution in [1.82, 2.24) is 5.32 Å². The average molecular weight is 235 g/mol. The summed E-state index contributed by atoms with van der Waals surface area (Å²) in [4.78, 5) is 11.7. The van der Waals surface area contributed by atoms with Crippen LogP contribution in [0, 0.1) is 0 Å². The van der Waals surface area contributed by atoms with Crippen molar-refractivity contribution in [2.75, 3.05) is 13.7 Å². The van der Waals surface area contributed by atoms with Gasteiger partial charge in [-0.05, 0) is 24.6 Å². The van der Waals surface area contributed by atoms with Gasteiger partial charge in [0.05, 0.1) is 7.11 Å². The maximum absolute atomic E-state index is 11.7. The summed E-state index contributed by atoms with van der Waals surface area (Å²) in [5, 5.41) is 12.9. The predicted molar refractivity (Wildman–Crippen MR) is 64.0 cm³/mol. The minimum absolute atomic E-state index is 0.0198. The number of nitrogens with one attached hydrogen (secondary N) is 1. The zero-order valence-electron chi connectivity index (χ0n) is 10.1. The summed E-state index contributed by atoms with van der Waals surface area (Å²) in [7, 11) is 1.62. The van der Waals surface area contributed by atoms with E-state index >= 15 is 0 Å². The molecule has 1 saturated heterocycles. The van der Waals surface area contributed by atoms with Crippen molar-refractivity contribution in [3.05, 3.63) is 29.8 Å². The molecule has 0 aromatic heterocycles. The molecule has 0 spiro atoms. The highest BCUT2D eigenvalue weighted by Gasteiger charge is 2.36. The third kappa shape index (κ3) is 2.48. The van der Waals surface area contributed by atoms with E-state index in [1.54, 1.807) is 14.0 Å². The molecule has 2 unspecified atom stereocenters. The van der Waals surface area contributed by atoms with Gasteiger partial charge in [-0.1, -0.05) is 12.1 Å². The molecule has 4 nitrogen and oxygen atoms in total. The Morgan fingerprint density at radius 2 is 2.06 bits per heavy atom. The minimum atomic E-state index is -1.23. The SMILES string of the molecule is COc1ccc(C2CC(=O)C(C)(O)CN2)cc1. The molecular formula is C13H17NO3. The van der Waals surface area contributed by atoms with Crippen LogP contribution in [0.3, 0.4) is 0 Å². The van der Waals surface area contributed by atoms with Gasteiger partial charge in [-0.3, -0.25) is 4.79 Å². The molecule has 4 heteroatoms. The molecule has 92 valence electrons. The van der Waals surface area contributed by atoms with Crippen molar-refractivity contribution in [1.29, 1.82) is 0 Å². The zero-order valence-corrected chi connectivity index (χ0v) is 10.1. The van der Waals surface area contributed by atoms with Crippen molar-refractivity contribution in [2.45, 2.75) is 25.0 Å². The van der Waals surface area contributed by atoms with Crippen LogP contribution in [-0.4, -0.2) is 30.1 Å². The van der Waals surface area contributed by atoms with Crippen LogP contribution in [-0.2, 0) is 4.79 Å². The molecule has 17 heavy (non-hydrogen) atoms. The van der Waals surface area contributed by atoms with Gasteiger partial charge < -0.3 is 15.2 Å². The molecule has 0 aliphatic carbocycles. The normalized spacial score (nSPS) is 29.1. The van der Waals surface area contributed by atoms with Gasteiger partial charge in [0.2, 0.25) is 0 Å². The van der Waals surface area contributed by atoms with Gasteiger partial charge >= 0.3 is 0 Å². The molecule has 1 heterocycles. The number of ether oxygens (including phenoxy) is 1. The van der Waals surface area contributed by atoms with Gasteiger partial charge in [0.25, 0.3) is 0 Å². The van der Waals surface area contributed by atoms with Crippen LogP contribution >= 0.6 is 0 Å². The first-order chi connectivity index (χ1) is 8.03. The summed E-state index contributed by atoms with van der Waals surface area (Å²) in [6, 6.07) is 7.59. The molecule has 0 saturated carbocycles.